The van der Waals surface area contributed by atoms with E-state index in [1.54, 1.807) is 0 Å². The average molecular weight is 384 g/mol. The molecule has 0 spiro atoms. The van der Waals surface area contributed by atoms with Crippen LogP contribution in [0, 0.1) is 0 Å². The molecule has 0 radical (unpaired) electrons. The number of benzene rings is 1. The Morgan fingerprint density at radius 3 is 2.64 bits per heavy atom. The fraction of sp³-hybridized carbons (Fsp3) is 0.611. The van der Waals surface area contributed by atoms with Crippen LogP contribution in [0.1, 0.15) is 6.42 Å². The molecule has 140 valence electrons. The third-order valence-electron chi connectivity index (χ3n) is 4.31. The summed E-state index contributed by atoms with van der Waals surface area (Å²) in [6, 6.07) is 8.14. The summed E-state index contributed by atoms with van der Waals surface area (Å²) in [6.07, 6.45) is 3.24. The fourth-order valence-corrected chi connectivity index (χ4v) is 3.39. The summed E-state index contributed by atoms with van der Waals surface area (Å²) >= 11 is 7.93. The van der Waals surface area contributed by atoms with Gasteiger partial charge in [0.2, 0.25) is 0 Å². The monoisotopic (exact) mass is 383 g/mol. The first-order valence-corrected chi connectivity index (χ1v) is 10.7. The maximum Gasteiger partial charge on any atom is 0.191 e. The fourth-order valence-electron chi connectivity index (χ4n) is 2.90. The first kappa shape index (κ1) is 20.2. The topological polar surface area (TPSA) is 42.9 Å². The van der Waals surface area contributed by atoms with Crippen molar-refractivity contribution in [2.24, 2.45) is 4.99 Å². The van der Waals surface area contributed by atoms with Crippen LogP contribution in [0.4, 0.5) is 5.69 Å². The molecule has 1 saturated heterocycles. The summed E-state index contributed by atoms with van der Waals surface area (Å²) in [6.45, 7) is 7.36. The van der Waals surface area contributed by atoms with Gasteiger partial charge >= 0.3 is 0 Å². The lowest BCUT2D eigenvalue weighted by Gasteiger charge is -2.36. The van der Waals surface area contributed by atoms with Crippen LogP contribution in [0.15, 0.2) is 29.3 Å². The molecule has 0 amide bonds. The Balaban J connectivity index is 1.61. The Hall–Kier alpha value is -1.11. The number of hydrogen-bond acceptors (Lipinski definition) is 4. The maximum absolute atomic E-state index is 6.09. The van der Waals surface area contributed by atoms with Crippen LogP contribution in [-0.4, -0.2) is 75.7 Å². The predicted molar refractivity (Wildman–Crippen MR) is 112 cm³/mol. The lowest BCUT2D eigenvalue weighted by Crippen LogP contribution is -2.47. The molecule has 0 saturated carbocycles. The van der Waals surface area contributed by atoms with Crippen LogP contribution in [0.25, 0.3) is 0 Å². The highest BCUT2D eigenvalue weighted by atomic mass is 35.5. The zero-order chi connectivity index (χ0) is 17.9. The van der Waals surface area contributed by atoms with Crippen LogP contribution in [0.3, 0.4) is 0 Å². The van der Waals surface area contributed by atoms with E-state index in [9.17, 15) is 0 Å². The van der Waals surface area contributed by atoms with E-state index in [2.05, 4.69) is 43.8 Å². The molecular formula is C18H30ClN5S. The van der Waals surface area contributed by atoms with Crippen LogP contribution >= 0.6 is 23.4 Å². The summed E-state index contributed by atoms with van der Waals surface area (Å²) < 4.78 is 0. The van der Waals surface area contributed by atoms with Gasteiger partial charge in [0.05, 0.1) is 0 Å². The minimum atomic E-state index is 0.811. The van der Waals surface area contributed by atoms with Crippen molar-refractivity contribution in [3.8, 4) is 0 Å². The Bertz CT molecular complexity index is 532. The Morgan fingerprint density at radius 1 is 1.20 bits per heavy atom. The van der Waals surface area contributed by atoms with Gasteiger partial charge in [-0.2, -0.15) is 11.8 Å². The molecule has 1 fully saturated rings. The number of guanidine groups is 1. The van der Waals surface area contributed by atoms with Crippen molar-refractivity contribution in [2.75, 3.05) is 69.8 Å². The molecule has 0 atom stereocenters. The minimum absolute atomic E-state index is 0.811. The highest BCUT2D eigenvalue weighted by Gasteiger charge is 2.16. The largest absolute Gasteiger partial charge is 0.369 e. The molecule has 0 aromatic heterocycles. The van der Waals surface area contributed by atoms with Crippen molar-refractivity contribution in [2.45, 2.75) is 6.42 Å². The van der Waals surface area contributed by atoms with Gasteiger partial charge in [0, 0.05) is 62.8 Å². The number of piperazine rings is 1. The van der Waals surface area contributed by atoms with Crippen molar-refractivity contribution >= 4 is 35.0 Å². The number of nitrogens with one attached hydrogen (secondary N) is 2. The quantitative estimate of drug-likeness (QED) is 0.410. The number of anilines is 1. The van der Waals surface area contributed by atoms with Gasteiger partial charge in [-0.25, -0.2) is 0 Å². The summed E-state index contributed by atoms with van der Waals surface area (Å²) in [5.74, 6) is 2.00. The van der Waals surface area contributed by atoms with Crippen molar-refractivity contribution < 1.29 is 0 Å². The number of thioether (sulfide) groups is 1. The lowest BCUT2D eigenvalue weighted by molar-refractivity contribution is 0.255. The summed E-state index contributed by atoms with van der Waals surface area (Å²) in [4.78, 5) is 9.20. The SMILES string of the molecule is CN=C(NCCCN1CCN(c2cccc(Cl)c2)CC1)NCCSC. The first-order chi connectivity index (χ1) is 12.2. The first-order valence-electron chi connectivity index (χ1n) is 8.89. The van der Waals surface area contributed by atoms with E-state index in [1.807, 2.05) is 30.9 Å². The van der Waals surface area contributed by atoms with E-state index in [0.29, 0.717) is 0 Å². The summed E-state index contributed by atoms with van der Waals surface area (Å²) in [5, 5.41) is 7.52. The molecule has 2 rings (SSSR count). The molecule has 0 aliphatic carbocycles. The average Bonchev–Trinajstić information content (AvgIpc) is 2.64. The van der Waals surface area contributed by atoms with Crippen LogP contribution in [0.5, 0.6) is 0 Å². The van der Waals surface area contributed by atoms with E-state index >= 15 is 0 Å². The second-order valence-electron chi connectivity index (χ2n) is 6.08. The molecule has 1 heterocycles. The lowest BCUT2D eigenvalue weighted by atomic mass is 10.2. The molecule has 0 bridgehead atoms. The van der Waals surface area contributed by atoms with Crippen LogP contribution in [0.2, 0.25) is 5.02 Å². The van der Waals surface area contributed by atoms with E-state index in [4.69, 9.17) is 11.6 Å². The van der Waals surface area contributed by atoms with E-state index in [-0.39, 0.29) is 0 Å². The van der Waals surface area contributed by atoms with Gasteiger partial charge < -0.3 is 15.5 Å². The smallest absolute Gasteiger partial charge is 0.191 e. The Kier molecular flexibility index (Phi) is 9.29. The maximum atomic E-state index is 6.09. The molecule has 25 heavy (non-hydrogen) atoms. The number of rotatable bonds is 8. The number of nitrogens with zero attached hydrogens (tertiary/aromatic N) is 3. The molecule has 5 nitrogen and oxygen atoms in total. The normalized spacial score (nSPS) is 16.1. The zero-order valence-corrected chi connectivity index (χ0v) is 16.9. The molecule has 1 aromatic carbocycles. The van der Waals surface area contributed by atoms with E-state index in [0.717, 1.165) is 69.0 Å². The van der Waals surface area contributed by atoms with Gasteiger partial charge in [-0.05, 0) is 37.4 Å². The zero-order valence-electron chi connectivity index (χ0n) is 15.3. The van der Waals surface area contributed by atoms with Crippen molar-refractivity contribution in [3.63, 3.8) is 0 Å². The predicted octanol–water partition coefficient (Wildman–Crippen LogP) is 2.38. The van der Waals surface area contributed by atoms with E-state index < -0.39 is 0 Å². The third-order valence-corrected chi connectivity index (χ3v) is 5.16. The molecule has 1 aliphatic rings. The van der Waals surface area contributed by atoms with Gasteiger partial charge in [0.25, 0.3) is 0 Å². The van der Waals surface area contributed by atoms with Crippen molar-refractivity contribution in [3.05, 3.63) is 29.3 Å². The second kappa shape index (κ2) is 11.5. The molecule has 0 unspecified atom stereocenters. The van der Waals surface area contributed by atoms with E-state index in [1.165, 1.54) is 5.69 Å². The Morgan fingerprint density at radius 2 is 1.96 bits per heavy atom. The van der Waals surface area contributed by atoms with Gasteiger partial charge in [0.1, 0.15) is 0 Å². The molecule has 1 aliphatic heterocycles. The molecule has 7 heteroatoms. The number of halogens is 1. The summed E-state index contributed by atoms with van der Waals surface area (Å²) in [7, 11) is 1.82. The number of aliphatic imine (C=N–C) groups is 1. The molecular weight excluding hydrogens is 354 g/mol. The minimum Gasteiger partial charge on any atom is -0.369 e. The van der Waals surface area contributed by atoms with Gasteiger partial charge in [0.15, 0.2) is 5.96 Å². The molecule has 2 N–H and O–H groups in total. The molecule has 1 aromatic rings. The highest BCUT2D eigenvalue weighted by Crippen LogP contribution is 2.20. The number of hydrogen-bond donors (Lipinski definition) is 2. The highest BCUT2D eigenvalue weighted by molar-refractivity contribution is 7.98. The van der Waals surface area contributed by atoms with Crippen LogP contribution < -0.4 is 15.5 Å². The standard InChI is InChI=1S/C18H30ClN5S/c1-20-18(22-8-14-25-2)21-7-4-9-23-10-12-24(13-11-23)17-6-3-5-16(19)15-17/h3,5-6,15H,4,7-14H2,1-2H3,(H2,20,21,22). The third kappa shape index (κ3) is 7.34. The van der Waals surface area contributed by atoms with Crippen molar-refractivity contribution in [1.29, 1.82) is 0 Å². The summed E-state index contributed by atoms with van der Waals surface area (Å²) in [5.41, 5.74) is 1.23. The van der Waals surface area contributed by atoms with Gasteiger partial charge in [-0.1, -0.05) is 17.7 Å². The van der Waals surface area contributed by atoms with Gasteiger partial charge in [-0.15, -0.1) is 0 Å². The Labute approximate surface area is 161 Å². The van der Waals surface area contributed by atoms with Crippen LogP contribution in [-0.2, 0) is 0 Å². The second-order valence-corrected chi connectivity index (χ2v) is 7.50. The van der Waals surface area contributed by atoms with Crippen molar-refractivity contribution in [1.82, 2.24) is 15.5 Å². The van der Waals surface area contributed by atoms with Gasteiger partial charge in [-0.3, -0.25) is 9.89 Å².